The summed E-state index contributed by atoms with van der Waals surface area (Å²) in [6, 6.07) is 2.43. The molecule has 0 fully saturated rings. The molecule has 0 aromatic heterocycles. The van der Waals surface area contributed by atoms with E-state index < -0.39 is 5.82 Å². The smallest absolute Gasteiger partial charge is 0.225 e. The Hall–Kier alpha value is -1.13. The van der Waals surface area contributed by atoms with E-state index in [1.54, 1.807) is 13.8 Å². The molecule has 5 heteroatoms. The second-order valence-electron chi connectivity index (χ2n) is 3.81. The molecule has 1 aromatic rings. The molecule has 3 nitrogen and oxygen atoms in total. The zero-order valence-electron chi connectivity index (χ0n) is 9.18. The highest BCUT2D eigenvalue weighted by molar-refractivity contribution is 6.33. The fourth-order valence-electron chi connectivity index (χ4n) is 1.24. The SMILES string of the molecule is Cc1cc(Cl)c(NC(=O)CC(C)N)cc1F. The van der Waals surface area contributed by atoms with Crippen LogP contribution < -0.4 is 11.1 Å². The molecular formula is C11H14ClFN2O. The van der Waals surface area contributed by atoms with Crippen LogP contribution in [0.1, 0.15) is 18.9 Å². The van der Waals surface area contributed by atoms with Gasteiger partial charge in [-0.25, -0.2) is 4.39 Å². The van der Waals surface area contributed by atoms with E-state index in [9.17, 15) is 9.18 Å². The lowest BCUT2D eigenvalue weighted by Crippen LogP contribution is -2.24. The highest BCUT2D eigenvalue weighted by atomic mass is 35.5. The molecule has 0 aliphatic heterocycles. The van der Waals surface area contributed by atoms with Gasteiger partial charge in [0.2, 0.25) is 5.91 Å². The maximum absolute atomic E-state index is 13.2. The van der Waals surface area contributed by atoms with Crippen molar-refractivity contribution in [2.75, 3.05) is 5.32 Å². The first-order valence-corrected chi connectivity index (χ1v) is 5.29. The molecule has 1 aromatic carbocycles. The molecule has 88 valence electrons. The topological polar surface area (TPSA) is 55.1 Å². The predicted molar refractivity (Wildman–Crippen MR) is 63.0 cm³/mol. The number of halogens is 2. The van der Waals surface area contributed by atoms with Crippen molar-refractivity contribution in [3.8, 4) is 0 Å². The molecule has 16 heavy (non-hydrogen) atoms. The summed E-state index contributed by atoms with van der Waals surface area (Å²) >= 11 is 5.87. The Kier molecular flexibility index (Phi) is 4.26. The summed E-state index contributed by atoms with van der Waals surface area (Å²) in [5, 5.41) is 2.84. The third kappa shape index (κ3) is 3.47. The van der Waals surface area contributed by atoms with E-state index in [1.807, 2.05) is 0 Å². The maximum atomic E-state index is 13.2. The van der Waals surface area contributed by atoms with Crippen molar-refractivity contribution in [2.24, 2.45) is 5.73 Å². The van der Waals surface area contributed by atoms with Crippen LogP contribution in [0, 0.1) is 12.7 Å². The van der Waals surface area contributed by atoms with Crippen LogP contribution >= 0.6 is 11.6 Å². The van der Waals surface area contributed by atoms with Crippen molar-refractivity contribution < 1.29 is 9.18 Å². The Bertz CT molecular complexity index is 407. The van der Waals surface area contributed by atoms with Crippen LogP contribution in [0.3, 0.4) is 0 Å². The number of carbonyl (C=O) groups is 1. The second-order valence-corrected chi connectivity index (χ2v) is 4.22. The Balaban J connectivity index is 2.81. The summed E-state index contributed by atoms with van der Waals surface area (Å²) < 4.78 is 13.2. The number of benzene rings is 1. The van der Waals surface area contributed by atoms with Crippen LogP contribution in [-0.4, -0.2) is 11.9 Å². The summed E-state index contributed by atoms with van der Waals surface area (Å²) in [6.45, 7) is 3.33. The fraction of sp³-hybridized carbons (Fsp3) is 0.364. The Morgan fingerprint density at radius 3 is 2.81 bits per heavy atom. The molecule has 0 saturated heterocycles. The normalized spacial score (nSPS) is 12.3. The average molecular weight is 245 g/mol. The van der Waals surface area contributed by atoms with Gasteiger partial charge < -0.3 is 11.1 Å². The number of hydrogen-bond acceptors (Lipinski definition) is 2. The summed E-state index contributed by atoms with van der Waals surface area (Å²) in [5.41, 5.74) is 6.18. The summed E-state index contributed by atoms with van der Waals surface area (Å²) in [5.74, 6) is -0.680. The van der Waals surface area contributed by atoms with Crippen molar-refractivity contribution in [3.63, 3.8) is 0 Å². The van der Waals surface area contributed by atoms with Crippen LogP contribution in [-0.2, 0) is 4.79 Å². The average Bonchev–Trinajstić information content (AvgIpc) is 2.12. The Morgan fingerprint density at radius 2 is 2.25 bits per heavy atom. The standard InChI is InChI=1S/C11H14ClFN2O/c1-6-3-8(12)10(5-9(6)13)15-11(16)4-7(2)14/h3,5,7H,4,14H2,1-2H3,(H,15,16). The zero-order valence-corrected chi connectivity index (χ0v) is 9.94. The van der Waals surface area contributed by atoms with Crippen molar-refractivity contribution >= 4 is 23.2 Å². The molecule has 1 unspecified atom stereocenters. The van der Waals surface area contributed by atoms with Gasteiger partial charge in [0.05, 0.1) is 10.7 Å². The van der Waals surface area contributed by atoms with Crippen molar-refractivity contribution in [2.45, 2.75) is 26.3 Å². The zero-order chi connectivity index (χ0) is 12.3. The fourth-order valence-corrected chi connectivity index (χ4v) is 1.50. The molecule has 0 aliphatic carbocycles. The van der Waals surface area contributed by atoms with Crippen LogP contribution in [0.2, 0.25) is 5.02 Å². The summed E-state index contributed by atoms with van der Waals surface area (Å²) in [6.07, 6.45) is 0.172. The molecule has 0 spiro atoms. The number of carbonyl (C=O) groups excluding carboxylic acids is 1. The minimum absolute atomic E-state index is 0.172. The molecule has 1 rings (SSSR count). The molecule has 1 atom stereocenters. The van der Waals surface area contributed by atoms with Gasteiger partial charge in [-0.1, -0.05) is 11.6 Å². The first kappa shape index (κ1) is 12.9. The minimum atomic E-state index is -0.402. The van der Waals surface area contributed by atoms with E-state index in [1.165, 1.54) is 12.1 Å². The van der Waals surface area contributed by atoms with E-state index in [4.69, 9.17) is 17.3 Å². The van der Waals surface area contributed by atoms with Crippen molar-refractivity contribution in [1.29, 1.82) is 0 Å². The second kappa shape index (κ2) is 5.27. The van der Waals surface area contributed by atoms with Gasteiger partial charge in [0.15, 0.2) is 0 Å². The molecule has 0 radical (unpaired) electrons. The lowest BCUT2D eigenvalue weighted by molar-refractivity contribution is -0.116. The number of aryl methyl sites for hydroxylation is 1. The van der Waals surface area contributed by atoms with Gasteiger partial charge in [-0.05, 0) is 31.5 Å². The van der Waals surface area contributed by atoms with Crippen molar-refractivity contribution in [3.05, 3.63) is 28.5 Å². The molecule has 3 N–H and O–H groups in total. The highest BCUT2D eigenvalue weighted by Crippen LogP contribution is 2.25. The van der Waals surface area contributed by atoms with Crippen LogP contribution in [0.5, 0.6) is 0 Å². The first-order valence-electron chi connectivity index (χ1n) is 4.91. The number of rotatable bonds is 3. The van der Waals surface area contributed by atoms with Gasteiger partial charge in [0.1, 0.15) is 5.82 Å². The third-order valence-corrected chi connectivity index (χ3v) is 2.34. The molecule has 0 heterocycles. The molecule has 0 aliphatic rings. The number of hydrogen-bond donors (Lipinski definition) is 2. The number of nitrogens with two attached hydrogens (primary N) is 1. The van der Waals surface area contributed by atoms with Crippen molar-refractivity contribution in [1.82, 2.24) is 0 Å². The molecule has 1 amide bonds. The van der Waals surface area contributed by atoms with E-state index in [2.05, 4.69) is 5.32 Å². The molecule has 0 saturated carbocycles. The number of nitrogens with one attached hydrogen (secondary N) is 1. The lowest BCUT2D eigenvalue weighted by Gasteiger charge is -2.10. The van der Waals surface area contributed by atoms with Gasteiger partial charge in [0, 0.05) is 12.5 Å². The van der Waals surface area contributed by atoms with Gasteiger partial charge in [0.25, 0.3) is 0 Å². The van der Waals surface area contributed by atoms with Gasteiger partial charge in [-0.15, -0.1) is 0 Å². The van der Waals surface area contributed by atoms with Crippen LogP contribution in [0.25, 0.3) is 0 Å². The minimum Gasteiger partial charge on any atom is -0.327 e. The first-order chi connectivity index (χ1) is 7.40. The Labute approximate surface area is 98.8 Å². The van der Waals surface area contributed by atoms with Crippen LogP contribution in [0.15, 0.2) is 12.1 Å². The van der Waals surface area contributed by atoms with E-state index in [-0.39, 0.29) is 24.1 Å². The number of amides is 1. The largest absolute Gasteiger partial charge is 0.327 e. The van der Waals surface area contributed by atoms with Gasteiger partial charge in [-0.3, -0.25) is 4.79 Å². The summed E-state index contributed by atoms with van der Waals surface area (Å²) in [7, 11) is 0. The predicted octanol–water partition coefficient (Wildman–Crippen LogP) is 2.46. The van der Waals surface area contributed by atoms with Gasteiger partial charge >= 0.3 is 0 Å². The molecular weight excluding hydrogens is 231 g/mol. The van der Waals surface area contributed by atoms with E-state index >= 15 is 0 Å². The Morgan fingerprint density at radius 1 is 1.62 bits per heavy atom. The maximum Gasteiger partial charge on any atom is 0.225 e. The third-order valence-electron chi connectivity index (χ3n) is 2.03. The van der Waals surface area contributed by atoms with Gasteiger partial charge in [-0.2, -0.15) is 0 Å². The number of anilines is 1. The monoisotopic (exact) mass is 244 g/mol. The van der Waals surface area contributed by atoms with E-state index in [0.717, 1.165) is 0 Å². The summed E-state index contributed by atoms with van der Waals surface area (Å²) in [4.78, 5) is 11.4. The van der Waals surface area contributed by atoms with E-state index in [0.29, 0.717) is 10.6 Å². The molecule has 0 bridgehead atoms. The quantitative estimate of drug-likeness (QED) is 0.858. The van der Waals surface area contributed by atoms with Crippen LogP contribution in [0.4, 0.5) is 10.1 Å². The highest BCUT2D eigenvalue weighted by Gasteiger charge is 2.10. The lowest BCUT2D eigenvalue weighted by atomic mass is 10.2.